The smallest absolute Gasteiger partial charge is 0.330 e. The second-order valence-electron chi connectivity index (χ2n) is 5.17. The Morgan fingerprint density at radius 3 is 2.05 bits per heavy atom. The van der Waals surface area contributed by atoms with Crippen LogP contribution in [0.5, 0.6) is 0 Å². The molecule has 0 fully saturated rings. The van der Waals surface area contributed by atoms with Crippen molar-refractivity contribution >= 4 is 11.9 Å². The van der Waals surface area contributed by atoms with E-state index >= 15 is 0 Å². The van der Waals surface area contributed by atoms with Gasteiger partial charge in [-0.2, -0.15) is 0 Å². The molecule has 0 amide bonds. The van der Waals surface area contributed by atoms with Gasteiger partial charge in [0.15, 0.2) is 0 Å². The fourth-order valence-electron chi connectivity index (χ4n) is 1.92. The van der Waals surface area contributed by atoms with E-state index in [2.05, 4.69) is 13.5 Å². The van der Waals surface area contributed by atoms with Gasteiger partial charge < -0.3 is 9.47 Å². The molecule has 0 atom stereocenters. The van der Waals surface area contributed by atoms with Gasteiger partial charge in [-0.15, -0.1) is 0 Å². The topological polar surface area (TPSA) is 52.6 Å². The Balaban J connectivity index is 3.21. The van der Waals surface area contributed by atoms with E-state index in [0.29, 0.717) is 19.6 Å². The van der Waals surface area contributed by atoms with E-state index < -0.39 is 0 Å². The van der Waals surface area contributed by atoms with Crippen LogP contribution >= 0.6 is 0 Å². The molecule has 0 spiro atoms. The summed E-state index contributed by atoms with van der Waals surface area (Å²) in [5, 5.41) is 0. The zero-order valence-corrected chi connectivity index (χ0v) is 13.4. The van der Waals surface area contributed by atoms with Crippen molar-refractivity contribution in [1.82, 2.24) is 0 Å². The fraction of sp³-hybridized carbons (Fsp3) is 0.765. The van der Waals surface area contributed by atoms with Crippen molar-refractivity contribution in [1.29, 1.82) is 0 Å². The molecule has 0 N–H and O–H groups in total. The second kappa shape index (κ2) is 15.1. The molecule has 0 unspecified atom stereocenters. The molecular weight excluding hydrogens is 268 g/mol. The molecule has 0 saturated carbocycles. The highest BCUT2D eigenvalue weighted by molar-refractivity contribution is 5.81. The first-order chi connectivity index (χ1) is 10.2. The van der Waals surface area contributed by atoms with Crippen LogP contribution in [0.15, 0.2) is 12.7 Å². The Morgan fingerprint density at radius 1 is 0.857 bits per heavy atom. The van der Waals surface area contributed by atoms with Crippen LogP contribution in [0.4, 0.5) is 0 Å². The van der Waals surface area contributed by atoms with E-state index in [1.54, 1.807) is 0 Å². The third-order valence-electron chi connectivity index (χ3n) is 3.20. The maximum Gasteiger partial charge on any atom is 0.330 e. The zero-order chi connectivity index (χ0) is 15.8. The monoisotopic (exact) mass is 298 g/mol. The van der Waals surface area contributed by atoms with Gasteiger partial charge in [0.1, 0.15) is 0 Å². The van der Waals surface area contributed by atoms with Crippen LogP contribution in [0, 0.1) is 0 Å². The van der Waals surface area contributed by atoms with Crippen molar-refractivity contribution in [3.63, 3.8) is 0 Å². The molecule has 0 aromatic heterocycles. The summed E-state index contributed by atoms with van der Waals surface area (Å²) in [5.74, 6) is -0.450. The molecule has 0 aliphatic heterocycles. The van der Waals surface area contributed by atoms with Crippen molar-refractivity contribution in [3.05, 3.63) is 12.7 Å². The Bertz CT molecular complexity index is 287. The Hall–Kier alpha value is -1.32. The summed E-state index contributed by atoms with van der Waals surface area (Å²) in [5.41, 5.74) is 0. The maximum atomic E-state index is 11.4. The quantitative estimate of drug-likeness (QED) is 0.274. The predicted octanol–water partition coefficient (Wildman–Crippen LogP) is 4.18. The van der Waals surface area contributed by atoms with Crippen molar-refractivity contribution in [2.75, 3.05) is 13.2 Å². The molecule has 0 bridgehead atoms. The van der Waals surface area contributed by atoms with Gasteiger partial charge in [0, 0.05) is 12.5 Å². The number of carbonyl (C=O) groups excluding carboxylic acids is 2. The fourth-order valence-corrected chi connectivity index (χ4v) is 1.92. The largest absolute Gasteiger partial charge is 0.466 e. The van der Waals surface area contributed by atoms with Gasteiger partial charge in [-0.05, 0) is 32.1 Å². The number of carbonyl (C=O) groups is 2. The molecule has 0 aliphatic carbocycles. The van der Waals surface area contributed by atoms with Gasteiger partial charge in [0.25, 0.3) is 0 Å². The SMILES string of the molecule is C=CC(=O)OCCCCCCOC(=O)CCCCCCC. The number of hydrogen-bond donors (Lipinski definition) is 0. The number of rotatable bonds is 14. The minimum atomic E-state index is -0.372. The Morgan fingerprint density at radius 2 is 1.43 bits per heavy atom. The van der Waals surface area contributed by atoms with Crippen molar-refractivity contribution in [3.8, 4) is 0 Å². The van der Waals surface area contributed by atoms with Gasteiger partial charge >= 0.3 is 11.9 Å². The summed E-state index contributed by atoms with van der Waals surface area (Å²) < 4.78 is 10.0. The van der Waals surface area contributed by atoms with Crippen LogP contribution in [-0.2, 0) is 19.1 Å². The number of ether oxygens (including phenoxy) is 2. The first kappa shape index (κ1) is 19.7. The molecule has 0 aromatic carbocycles. The third-order valence-corrected chi connectivity index (χ3v) is 3.20. The molecule has 0 aliphatic rings. The van der Waals surface area contributed by atoms with Crippen LogP contribution in [0.3, 0.4) is 0 Å². The molecule has 0 saturated heterocycles. The Kier molecular flexibility index (Phi) is 14.1. The van der Waals surface area contributed by atoms with E-state index in [4.69, 9.17) is 9.47 Å². The molecule has 0 rings (SSSR count). The van der Waals surface area contributed by atoms with Gasteiger partial charge in [-0.3, -0.25) is 4.79 Å². The maximum absolute atomic E-state index is 11.4. The summed E-state index contributed by atoms with van der Waals surface area (Å²) in [4.78, 5) is 22.2. The molecule has 4 nitrogen and oxygen atoms in total. The van der Waals surface area contributed by atoms with E-state index in [1.807, 2.05) is 0 Å². The molecule has 21 heavy (non-hydrogen) atoms. The second-order valence-corrected chi connectivity index (χ2v) is 5.17. The lowest BCUT2D eigenvalue weighted by Gasteiger charge is -2.05. The van der Waals surface area contributed by atoms with Gasteiger partial charge in [0.2, 0.25) is 0 Å². The predicted molar refractivity (Wildman–Crippen MR) is 84.0 cm³/mol. The lowest BCUT2D eigenvalue weighted by molar-refractivity contribution is -0.144. The average Bonchev–Trinajstić information content (AvgIpc) is 2.49. The summed E-state index contributed by atoms with van der Waals surface area (Å²) in [7, 11) is 0. The molecule has 0 heterocycles. The zero-order valence-electron chi connectivity index (χ0n) is 13.4. The standard InChI is InChI=1S/C17H30O4/c1-3-5-6-7-10-13-17(19)21-15-12-9-8-11-14-20-16(18)4-2/h4H,2-3,5-15H2,1H3. The highest BCUT2D eigenvalue weighted by Gasteiger charge is 2.02. The summed E-state index contributed by atoms with van der Waals surface area (Å²) in [6.45, 7) is 6.44. The molecular formula is C17H30O4. The van der Waals surface area contributed by atoms with Gasteiger partial charge in [-0.1, -0.05) is 39.2 Å². The minimum Gasteiger partial charge on any atom is -0.466 e. The van der Waals surface area contributed by atoms with Crippen molar-refractivity contribution in [2.24, 2.45) is 0 Å². The van der Waals surface area contributed by atoms with Crippen LogP contribution < -0.4 is 0 Å². The Labute approximate surface area is 128 Å². The molecule has 0 aromatic rings. The number of esters is 2. The lowest BCUT2D eigenvalue weighted by atomic mass is 10.1. The first-order valence-electron chi connectivity index (χ1n) is 8.15. The molecule has 4 heteroatoms. The van der Waals surface area contributed by atoms with Crippen LogP contribution in [0.25, 0.3) is 0 Å². The third kappa shape index (κ3) is 14.9. The van der Waals surface area contributed by atoms with Crippen LogP contribution in [0.2, 0.25) is 0 Å². The van der Waals surface area contributed by atoms with E-state index in [0.717, 1.165) is 38.5 Å². The molecule has 0 radical (unpaired) electrons. The average molecular weight is 298 g/mol. The summed E-state index contributed by atoms with van der Waals surface area (Å²) >= 11 is 0. The van der Waals surface area contributed by atoms with E-state index in [1.165, 1.54) is 25.3 Å². The van der Waals surface area contributed by atoms with E-state index in [-0.39, 0.29) is 11.9 Å². The highest BCUT2D eigenvalue weighted by Crippen LogP contribution is 2.06. The first-order valence-corrected chi connectivity index (χ1v) is 8.15. The van der Waals surface area contributed by atoms with Gasteiger partial charge in [-0.25, -0.2) is 4.79 Å². The van der Waals surface area contributed by atoms with Crippen LogP contribution in [0.1, 0.15) is 71.1 Å². The number of unbranched alkanes of at least 4 members (excludes halogenated alkanes) is 7. The lowest BCUT2D eigenvalue weighted by Crippen LogP contribution is -2.06. The molecule has 122 valence electrons. The number of hydrogen-bond acceptors (Lipinski definition) is 4. The highest BCUT2D eigenvalue weighted by atomic mass is 16.5. The van der Waals surface area contributed by atoms with Gasteiger partial charge in [0.05, 0.1) is 13.2 Å². The minimum absolute atomic E-state index is 0.0774. The van der Waals surface area contributed by atoms with E-state index in [9.17, 15) is 9.59 Å². The summed E-state index contributed by atoms with van der Waals surface area (Å²) in [6, 6.07) is 0. The normalized spacial score (nSPS) is 10.1. The van der Waals surface area contributed by atoms with Crippen molar-refractivity contribution in [2.45, 2.75) is 71.1 Å². The summed E-state index contributed by atoms with van der Waals surface area (Å²) in [6.07, 6.45) is 11.1. The van der Waals surface area contributed by atoms with Crippen molar-refractivity contribution < 1.29 is 19.1 Å². The van der Waals surface area contributed by atoms with Crippen LogP contribution in [-0.4, -0.2) is 25.2 Å².